The number of rotatable bonds is 3. The Hall–Kier alpha value is -3.35. The Balaban J connectivity index is 1.61. The van der Waals surface area contributed by atoms with Crippen LogP contribution in [-0.2, 0) is 6.42 Å². The maximum absolute atomic E-state index is 13.7. The molecule has 0 amide bonds. The molecule has 1 aliphatic carbocycles. The van der Waals surface area contributed by atoms with Crippen LogP contribution in [-0.4, -0.2) is 15.9 Å². The Labute approximate surface area is 205 Å². The van der Waals surface area contributed by atoms with E-state index in [1.54, 1.807) is 30.0 Å². The number of hydrogen-bond donors (Lipinski definition) is 1. The highest BCUT2D eigenvalue weighted by atomic mass is 32.2. The number of allylic oxidation sites excluding steroid dienone is 1. The number of nitrogens with zero attached hydrogens (tertiary/aromatic N) is 2. The summed E-state index contributed by atoms with van der Waals surface area (Å²) in [7, 11) is 0. The van der Waals surface area contributed by atoms with Crippen molar-refractivity contribution in [1.29, 1.82) is 0 Å². The number of thioether (sulfide) groups is 1. The van der Waals surface area contributed by atoms with Crippen molar-refractivity contribution in [2.75, 3.05) is 6.26 Å². The second-order valence-corrected chi connectivity index (χ2v) is 10.4. The second kappa shape index (κ2) is 8.46. The maximum Gasteiger partial charge on any atom is 0.271 e. The van der Waals surface area contributed by atoms with Crippen LogP contribution in [0.2, 0.25) is 0 Å². The molecule has 34 heavy (non-hydrogen) atoms. The van der Waals surface area contributed by atoms with Crippen molar-refractivity contribution in [2.45, 2.75) is 23.8 Å². The van der Waals surface area contributed by atoms with Gasteiger partial charge >= 0.3 is 0 Å². The monoisotopic (exact) mass is 482 g/mol. The molecular weight excluding hydrogens is 460 g/mol. The Bertz CT molecular complexity index is 1630. The lowest BCUT2D eigenvalue weighted by atomic mass is 9.83. The molecule has 1 aromatic heterocycles. The summed E-state index contributed by atoms with van der Waals surface area (Å²) in [5.74, 6) is 0.181. The molecule has 0 fully saturated rings. The highest BCUT2D eigenvalue weighted by Gasteiger charge is 2.32. The van der Waals surface area contributed by atoms with Crippen LogP contribution < -0.4 is 14.9 Å². The molecule has 6 heteroatoms. The molecule has 0 radical (unpaired) electrons. The molecule has 0 saturated carbocycles. The van der Waals surface area contributed by atoms with E-state index in [1.165, 1.54) is 32.9 Å². The molecule has 1 N–H and O–H groups in total. The Morgan fingerprint density at radius 3 is 2.68 bits per heavy atom. The SMILES string of the molecule is CSc1ccc(C2C3=C(N=c4sc(=Cc5cccc(O)c5)c(=O)n42)c2ccccc2CC3)cc1. The van der Waals surface area contributed by atoms with E-state index >= 15 is 0 Å². The molecule has 2 heterocycles. The minimum atomic E-state index is -0.179. The van der Waals surface area contributed by atoms with Crippen molar-refractivity contribution in [3.8, 4) is 5.75 Å². The van der Waals surface area contributed by atoms with Gasteiger partial charge in [-0.15, -0.1) is 11.8 Å². The molecule has 0 saturated heterocycles. The number of aromatic hydroxyl groups is 1. The zero-order valence-corrected chi connectivity index (χ0v) is 20.2. The van der Waals surface area contributed by atoms with Crippen LogP contribution in [0.15, 0.2) is 93.1 Å². The first-order valence-corrected chi connectivity index (χ1v) is 13.2. The van der Waals surface area contributed by atoms with Gasteiger partial charge in [0.05, 0.1) is 16.3 Å². The largest absolute Gasteiger partial charge is 0.508 e. The zero-order valence-electron chi connectivity index (χ0n) is 18.6. The van der Waals surface area contributed by atoms with Crippen molar-refractivity contribution < 1.29 is 5.11 Å². The van der Waals surface area contributed by atoms with Crippen LogP contribution >= 0.6 is 23.1 Å². The number of hydrogen-bond acceptors (Lipinski definition) is 5. The second-order valence-electron chi connectivity index (χ2n) is 8.48. The molecule has 4 aromatic rings. The lowest BCUT2D eigenvalue weighted by Crippen LogP contribution is -2.38. The van der Waals surface area contributed by atoms with E-state index in [2.05, 4.69) is 54.8 Å². The fourth-order valence-electron chi connectivity index (χ4n) is 4.87. The average Bonchev–Trinajstić information content (AvgIpc) is 3.17. The minimum absolute atomic E-state index is 0.0450. The van der Waals surface area contributed by atoms with Gasteiger partial charge in [-0.05, 0) is 71.7 Å². The smallest absolute Gasteiger partial charge is 0.271 e. The lowest BCUT2D eigenvalue weighted by molar-refractivity contribution is 0.475. The molecule has 0 bridgehead atoms. The van der Waals surface area contributed by atoms with E-state index in [-0.39, 0.29) is 17.4 Å². The van der Waals surface area contributed by atoms with E-state index in [4.69, 9.17) is 4.99 Å². The predicted molar refractivity (Wildman–Crippen MR) is 139 cm³/mol. The number of fused-ring (bicyclic) bond motifs is 3. The maximum atomic E-state index is 13.7. The van der Waals surface area contributed by atoms with E-state index < -0.39 is 0 Å². The summed E-state index contributed by atoms with van der Waals surface area (Å²) in [5, 5.41) is 9.86. The summed E-state index contributed by atoms with van der Waals surface area (Å²) in [4.78, 5) is 20.7. The summed E-state index contributed by atoms with van der Waals surface area (Å²) >= 11 is 3.12. The number of phenols is 1. The summed E-state index contributed by atoms with van der Waals surface area (Å²) in [6.45, 7) is 0. The van der Waals surface area contributed by atoms with Crippen molar-refractivity contribution in [3.05, 3.63) is 120 Å². The van der Waals surface area contributed by atoms with Gasteiger partial charge in [0.1, 0.15) is 5.75 Å². The predicted octanol–water partition coefficient (Wildman–Crippen LogP) is 4.75. The van der Waals surface area contributed by atoms with Crippen molar-refractivity contribution in [3.63, 3.8) is 0 Å². The topological polar surface area (TPSA) is 54.6 Å². The van der Waals surface area contributed by atoms with Gasteiger partial charge in [0.25, 0.3) is 5.56 Å². The van der Waals surface area contributed by atoms with E-state index in [0.29, 0.717) is 9.33 Å². The van der Waals surface area contributed by atoms with Crippen molar-refractivity contribution in [2.24, 2.45) is 4.99 Å². The normalized spacial score (nSPS) is 17.1. The number of thiazole rings is 1. The highest BCUT2D eigenvalue weighted by molar-refractivity contribution is 7.98. The molecule has 3 aromatic carbocycles. The number of phenolic OH excluding ortho intramolecular Hbond substituents is 1. The first-order valence-electron chi connectivity index (χ1n) is 11.2. The fourth-order valence-corrected chi connectivity index (χ4v) is 6.28. The summed E-state index contributed by atoms with van der Waals surface area (Å²) in [6, 6.07) is 23.8. The summed E-state index contributed by atoms with van der Waals surface area (Å²) in [6.07, 6.45) is 5.73. The molecule has 1 atom stereocenters. The van der Waals surface area contributed by atoms with Crippen LogP contribution in [0.1, 0.15) is 34.7 Å². The van der Waals surface area contributed by atoms with Crippen LogP contribution in [0.4, 0.5) is 0 Å². The van der Waals surface area contributed by atoms with Crippen LogP contribution in [0.5, 0.6) is 5.75 Å². The van der Waals surface area contributed by atoms with Crippen LogP contribution in [0.25, 0.3) is 11.8 Å². The number of aromatic nitrogens is 1. The molecule has 0 spiro atoms. The van der Waals surface area contributed by atoms with Gasteiger partial charge in [0.2, 0.25) is 0 Å². The van der Waals surface area contributed by atoms with Gasteiger partial charge in [-0.25, -0.2) is 4.99 Å². The van der Waals surface area contributed by atoms with E-state index in [9.17, 15) is 9.90 Å². The number of benzene rings is 3. The van der Waals surface area contributed by atoms with Crippen molar-refractivity contribution >= 4 is 34.9 Å². The molecular formula is C28H22N2O2S2. The van der Waals surface area contributed by atoms with Gasteiger partial charge in [-0.1, -0.05) is 59.9 Å². The van der Waals surface area contributed by atoms with Crippen molar-refractivity contribution in [1.82, 2.24) is 4.57 Å². The van der Waals surface area contributed by atoms with Gasteiger partial charge in [-0.3, -0.25) is 9.36 Å². The van der Waals surface area contributed by atoms with Gasteiger partial charge in [0, 0.05) is 10.5 Å². The van der Waals surface area contributed by atoms with Crippen LogP contribution in [0, 0.1) is 0 Å². The zero-order chi connectivity index (χ0) is 23.2. The quantitative estimate of drug-likeness (QED) is 0.429. The third-order valence-electron chi connectivity index (χ3n) is 6.47. The molecule has 2 aliphatic rings. The molecule has 1 unspecified atom stereocenters. The third kappa shape index (κ3) is 3.54. The molecule has 1 aliphatic heterocycles. The third-order valence-corrected chi connectivity index (χ3v) is 8.20. The summed E-state index contributed by atoms with van der Waals surface area (Å²) in [5.41, 5.74) is 6.53. The standard InChI is InChI=1S/C28H22N2O2S2/c1-33-21-12-9-19(10-13-21)26-23-14-11-18-6-2-3-8-22(18)25(23)29-28-30(26)27(32)24(34-28)16-17-5-4-7-20(31)15-17/h2-10,12-13,15-16,26,31H,11,14H2,1H3. The van der Waals surface area contributed by atoms with E-state index in [1.807, 2.05) is 16.7 Å². The number of aryl methyl sites for hydroxylation is 1. The highest BCUT2D eigenvalue weighted by Crippen LogP contribution is 2.41. The van der Waals surface area contributed by atoms with E-state index in [0.717, 1.165) is 29.7 Å². The van der Waals surface area contributed by atoms with Crippen LogP contribution in [0.3, 0.4) is 0 Å². The van der Waals surface area contributed by atoms with Gasteiger partial charge < -0.3 is 5.11 Å². The Kier molecular flexibility index (Phi) is 5.27. The first kappa shape index (κ1) is 21.2. The minimum Gasteiger partial charge on any atom is -0.508 e. The van der Waals surface area contributed by atoms with Gasteiger partial charge in [-0.2, -0.15) is 0 Å². The fraction of sp³-hybridized carbons (Fsp3) is 0.143. The lowest BCUT2D eigenvalue weighted by Gasteiger charge is -2.30. The summed E-state index contributed by atoms with van der Waals surface area (Å²) < 4.78 is 2.48. The Morgan fingerprint density at radius 2 is 1.88 bits per heavy atom. The molecule has 6 rings (SSSR count). The Morgan fingerprint density at radius 1 is 1.06 bits per heavy atom. The molecule has 4 nitrogen and oxygen atoms in total. The first-order chi connectivity index (χ1) is 16.6. The van der Waals surface area contributed by atoms with Gasteiger partial charge in [0.15, 0.2) is 4.80 Å². The molecule has 168 valence electrons. The average molecular weight is 483 g/mol.